The van der Waals surface area contributed by atoms with E-state index in [0.717, 1.165) is 22.9 Å². The van der Waals surface area contributed by atoms with Gasteiger partial charge in [0.2, 0.25) is 0 Å². The third kappa shape index (κ3) is 5.02. The minimum Gasteiger partial charge on any atom is -0.457 e. The Morgan fingerprint density at radius 3 is 2.45 bits per heavy atom. The van der Waals surface area contributed by atoms with Crippen LogP contribution in [0.2, 0.25) is 0 Å². The number of halogens is 3. The van der Waals surface area contributed by atoms with E-state index < -0.39 is 17.8 Å². The number of benzene rings is 3. The Kier molecular flexibility index (Phi) is 6.13. The fourth-order valence-corrected chi connectivity index (χ4v) is 3.66. The van der Waals surface area contributed by atoms with Crippen molar-refractivity contribution >= 4 is 22.8 Å². The van der Waals surface area contributed by atoms with E-state index in [1.54, 1.807) is 35.2 Å². The quantitative estimate of drug-likeness (QED) is 0.579. The van der Waals surface area contributed by atoms with E-state index in [-0.39, 0.29) is 17.6 Å². The lowest BCUT2D eigenvalue weighted by molar-refractivity contribution is -0.137. The number of hydrogen-bond donors (Lipinski definition) is 1. The van der Waals surface area contributed by atoms with Crippen LogP contribution in [0.5, 0.6) is 11.5 Å². The molecule has 1 saturated heterocycles. The van der Waals surface area contributed by atoms with Crippen LogP contribution in [0.15, 0.2) is 60.7 Å². The Hall–Kier alpha value is -3.75. The van der Waals surface area contributed by atoms with Crippen molar-refractivity contribution in [1.29, 1.82) is 0 Å². The number of carbonyl (C=O) groups excluding carboxylic acids is 2. The zero-order valence-electron chi connectivity index (χ0n) is 17.7. The number of nitrogens with zero attached hydrogens (tertiary/aromatic N) is 1. The number of rotatable bonds is 5. The summed E-state index contributed by atoms with van der Waals surface area (Å²) in [6, 6.07) is 15.0. The molecule has 0 aliphatic carbocycles. The Morgan fingerprint density at radius 1 is 1.06 bits per heavy atom. The zero-order chi connectivity index (χ0) is 23.6. The summed E-state index contributed by atoms with van der Waals surface area (Å²) in [7, 11) is 1.30. The number of hydrogen-bond acceptors (Lipinski definition) is 4. The monoisotopic (exact) mass is 458 g/mol. The molecule has 6 nitrogen and oxygen atoms in total. The van der Waals surface area contributed by atoms with Gasteiger partial charge in [0.05, 0.1) is 12.7 Å². The SMILES string of the molecule is COC(=O)NCC1CN(C(=O)c2ccc3c(Oc4ccc(C(F)(F)F)cc4)cccc3c2)C1. The number of carbonyl (C=O) groups is 2. The van der Waals surface area contributed by atoms with E-state index >= 15 is 0 Å². The van der Waals surface area contributed by atoms with Crippen LogP contribution in [0.25, 0.3) is 10.8 Å². The number of alkyl carbamates (subject to hydrolysis) is 1. The first-order valence-corrected chi connectivity index (χ1v) is 10.2. The van der Waals surface area contributed by atoms with Gasteiger partial charge in [0.15, 0.2) is 0 Å². The summed E-state index contributed by atoms with van der Waals surface area (Å²) in [4.78, 5) is 25.6. The fraction of sp³-hybridized carbons (Fsp3) is 0.250. The normalized spacial score (nSPS) is 14.0. The molecule has 3 aromatic rings. The highest BCUT2D eigenvalue weighted by molar-refractivity contribution is 6.00. The highest BCUT2D eigenvalue weighted by Crippen LogP contribution is 2.34. The van der Waals surface area contributed by atoms with Crippen LogP contribution in [-0.2, 0) is 10.9 Å². The third-order valence-electron chi connectivity index (χ3n) is 5.46. The van der Waals surface area contributed by atoms with Gasteiger partial charge in [-0.05, 0) is 53.9 Å². The summed E-state index contributed by atoms with van der Waals surface area (Å²) in [5, 5.41) is 4.13. The van der Waals surface area contributed by atoms with Gasteiger partial charge in [0.25, 0.3) is 5.91 Å². The maximum absolute atomic E-state index is 12.8. The second-order valence-corrected chi connectivity index (χ2v) is 7.76. The molecule has 9 heteroatoms. The van der Waals surface area contributed by atoms with E-state index in [1.165, 1.54) is 19.2 Å². The van der Waals surface area contributed by atoms with E-state index in [9.17, 15) is 22.8 Å². The first-order valence-electron chi connectivity index (χ1n) is 10.2. The molecule has 4 rings (SSSR count). The number of amides is 2. The van der Waals surface area contributed by atoms with Crippen molar-refractivity contribution < 1.29 is 32.2 Å². The largest absolute Gasteiger partial charge is 0.457 e. The number of likely N-dealkylation sites (tertiary alicyclic amines) is 1. The second-order valence-electron chi connectivity index (χ2n) is 7.76. The predicted octanol–water partition coefficient (Wildman–Crippen LogP) is 5.08. The summed E-state index contributed by atoms with van der Waals surface area (Å²) in [6.07, 6.45) is -4.90. The number of ether oxygens (including phenoxy) is 2. The molecule has 1 aliphatic rings. The van der Waals surface area contributed by atoms with Gasteiger partial charge in [-0.25, -0.2) is 4.79 Å². The van der Waals surface area contributed by atoms with E-state index in [0.29, 0.717) is 30.9 Å². The van der Waals surface area contributed by atoms with Gasteiger partial charge in [0.1, 0.15) is 11.5 Å². The van der Waals surface area contributed by atoms with Crippen molar-refractivity contribution in [3.05, 3.63) is 71.8 Å². The molecule has 0 aromatic heterocycles. The van der Waals surface area contributed by atoms with Gasteiger partial charge < -0.3 is 19.7 Å². The van der Waals surface area contributed by atoms with Crippen molar-refractivity contribution in [2.24, 2.45) is 5.92 Å². The first kappa shape index (κ1) is 22.4. The Bertz CT molecular complexity index is 1170. The van der Waals surface area contributed by atoms with Crippen LogP contribution in [0.4, 0.5) is 18.0 Å². The van der Waals surface area contributed by atoms with E-state index in [4.69, 9.17) is 4.74 Å². The lowest BCUT2D eigenvalue weighted by atomic mass is 9.98. The molecule has 0 atom stereocenters. The average molecular weight is 458 g/mol. The van der Waals surface area contributed by atoms with Crippen LogP contribution >= 0.6 is 0 Å². The van der Waals surface area contributed by atoms with Crippen molar-refractivity contribution in [2.75, 3.05) is 26.7 Å². The van der Waals surface area contributed by atoms with Gasteiger partial charge in [-0.2, -0.15) is 13.2 Å². The minimum absolute atomic E-state index is 0.111. The minimum atomic E-state index is -4.41. The molecule has 0 unspecified atom stereocenters. The standard InChI is InChI=1S/C24H21F3N2O4/c1-32-23(31)28-12-15-13-29(14-15)22(30)17-5-10-20-16(11-17)3-2-4-21(20)33-19-8-6-18(7-9-19)24(25,26)27/h2-11,15H,12-14H2,1H3,(H,28,31). The summed E-state index contributed by atoms with van der Waals surface area (Å²) >= 11 is 0. The van der Waals surface area contributed by atoms with Crippen molar-refractivity contribution in [3.63, 3.8) is 0 Å². The maximum atomic E-state index is 12.8. The topological polar surface area (TPSA) is 67.9 Å². The molecule has 3 aromatic carbocycles. The Labute approximate surface area is 187 Å². The average Bonchev–Trinajstić information content (AvgIpc) is 2.77. The van der Waals surface area contributed by atoms with Crippen LogP contribution in [0.3, 0.4) is 0 Å². The number of fused-ring (bicyclic) bond motifs is 1. The van der Waals surface area contributed by atoms with Gasteiger partial charge >= 0.3 is 12.3 Å². The smallest absolute Gasteiger partial charge is 0.416 e. The number of nitrogens with one attached hydrogen (secondary N) is 1. The summed E-state index contributed by atoms with van der Waals surface area (Å²) in [6.45, 7) is 1.52. The zero-order valence-corrected chi connectivity index (χ0v) is 17.7. The molecular formula is C24H21F3N2O4. The Balaban J connectivity index is 1.44. The van der Waals surface area contributed by atoms with Crippen LogP contribution < -0.4 is 10.1 Å². The maximum Gasteiger partial charge on any atom is 0.416 e. The molecule has 0 spiro atoms. The van der Waals surface area contributed by atoms with Gasteiger partial charge in [0, 0.05) is 36.5 Å². The number of methoxy groups -OCH3 is 1. The highest BCUT2D eigenvalue weighted by atomic mass is 19.4. The van der Waals surface area contributed by atoms with Crippen molar-refractivity contribution in [3.8, 4) is 11.5 Å². The highest BCUT2D eigenvalue weighted by Gasteiger charge is 2.32. The molecule has 1 fully saturated rings. The predicted molar refractivity (Wildman–Crippen MR) is 115 cm³/mol. The molecule has 1 N–H and O–H groups in total. The molecule has 2 amide bonds. The molecule has 1 aliphatic heterocycles. The van der Waals surface area contributed by atoms with E-state index in [2.05, 4.69) is 10.1 Å². The molecule has 172 valence electrons. The van der Waals surface area contributed by atoms with Crippen LogP contribution in [-0.4, -0.2) is 43.6 Å². The second kappa shape index (κ2) is 9.01. The van der Waals surface area contributed by atoms with Crippen LogP contribution in [0, 0.1) is 5.92 Å². The first-order chi connectivity index (χ1) is 15.7. The Morgan fingerprint density at radius 2 is 1.79 bits per heavy atom. The molecule has 0 saturated carbocycles. The molecule has 0 bridgehead atoms. The lowest BCUT2D eigenvalue weighted by Crippen LogP contribution is -2.53. The lowest BCUT2D eigenvalue weighted by Gasteiger charge is -2.39. The molecular weight excluding hydrogens is 437 g/mol. The van der Waals surface area contributed by atoms with Crippen LogP contribution in [0.1, 0.15) is 15.9 Å². The fourth-order valence-electron chi connectivity index (χ4n) is 3.66. The van der Waals surface area contributed by atoms with E-state index in [1.807, 2.05) is 6.07 Å². The number of alkyl halides is 3. The van der Waals surface area contributed by atoms with Gasteiger partial charge in [-0.15, -0.1) is 0 Å². The third-order valence-corrected chi connectivity index (χ3v) is 5.46. The van der Waals surface area contributed by atoms with Gasteiger partial charge in [-0.1, -0.05) is 12.1 Å². The molecule has 33 heavy (non-hydrogen) atoms. The summed E-state index contributed by atoms with van der Waals surface area (Å²) in [5.74, 6) is 0.824. The van der Waals surface area contributed by atoms with Gasteiger partial charge in [-0.3, -0.25) is 4.79 Å². The molecule has 1 heterocycles. The summed E-state index contributed by atoms with van der Waals surface area (Å²) < 4.78 is 48.6. The summed E-state index contributed by atoms with van der Waals surface area (Å²) in [5.41, 5.74) is -0.223. The van der Waals surface area contributed by atoms with Crippen molar-refractivity contribution in [1.82, 2.24) is 10.2 Å². The molecule has 0 radical (unpaired) electrons. The van der Waals surface area contributed by atoms with Crippen molar-refractivity contribution in [2.45, 2.75) is 6.18 Å².